The first-order valence-corrected chi connectivity index (χ1v) is 4.97. The molecule has 16 heavy (non-hydrogen) atoms. The van der Waals surface area contributed by atoms with Gasteiger partial charge in [-0.1, -0.05) is 6.07 Å². The summed E-state index contributed by atoms with van der Waals surface area (Å²) in [6, 6.07) is 5.32. The van der Waals surface area contributed by atoms with E-state index in [1.54, 1.807) is 25.4 Å². The standard InChI is InChI=1S/C10H12N4O2/c1-11-9(15)5-7-14-10(16)13-6-3-2-4-8(13)12-14/h2-4,6H,5,7H2,1H3,(H,11,15). The highest BCUT2D eigenvalue weighted by Crippen LogP contribution is 1.95. The van der Waals surface area contributed by atoms with Crippen LogP contribution in [-0.4, -0.2) is 27.1 Å². The Morgan fingerprint density at radius 1 is 1.50 bits per heavy atom. The normalized spacial score (nSPS) is 10.6. The molecule has 0 aliphatic carbocycles. The largest absolute Gasteiger partial charge is 0.359 e. The lowest BCUT2D eigenvalue weighted by Gasteiger charge is -1.97. The highest BCUT2D eigenvalue weighted by atomic mass is 16.2. The second kappa shape index (κ2) is 4.18. The van der Waals surface area contributed by atoms with Crippen LogP contribution in [0.15, 0.2) is 29.2 Å². The van der Waals surface area contributed by atoms with Crippen molar-refractivity contribution in [3.8, 4) is 0 Å². The van der Waals surface area contributed by atoms with Gasteiger partial charge in [-0.25, -0.2) is 9.48 Å². The molecule has 1 amide bonds. The minimum Gasteiger partial charge on any atom is -0.359 e. The number of nitrogens with zero attached hydrogens (tertiary/aromatic N) is 3. The summed E-state index contributed by atoms with van der Waals surface area (Å²) in [5, 5.41) is 6.61. The maximum absolute atomic E-state index is 11.8. The Kier molecular flexibility index (Phi) is 2.72. The molecule has 6 heteroatoms. The van der Waals surface area contributed by atoms with Gasteiger partial charge in [-0.05, 0) is 12.1 Å². The van der Waals surface area contributed by atoms with E-state index in [1.807, 2.05) is 6.07 Å². The van der Waals surface area contributed by atoms with Gasteiger partial charge in [0, 0.05) is 19.7 Å². The molecular formula is C10H12N4O2. The highest BCUT2D eigenvalue weighted by molar-refractivity contribution is 5.75. The zero-order valence-corrected chi connectivity index (χ0v) is 8.88. The molecule has 0 radical (unpaired) electrons. The average molecular weight is 220 g/mol. The Bertz CT molecular complexity index is 569. The summed E-state index contributed by atoms with van der Waals surface area (Å²) in [4.78, 5) is 22.8. The number of rotatable bonds is 3. The third-order valence-electron chi connectivity index (χ3n) is 2.32. The van der Waals surface area contributed by atoms with E-state index in [9.17, 15) is 9.59 Å². The van der Waals surface area contributed by atoms with Crippen LogP contribution in [0.2, 0.25) is 0 Å². The van der Waals surface area contributed by atoms with Gasteiger partial charge < -0.3 is 5.32 Å². The molecule has 0 saturated carbocycles. The van der Waals surface area contributed by atoms with Gasteiger partial charge in [-0.15, -0.1) is 5.10 Å². The summed E-state index contributed by atoms with van der Waals surface area (Å²) in [6.07, 6.45) is 1.90. The van der Waals surface area contributed by atoms with Crippen molar-refractivity contribution in [2.75, 3.05) is 7.05 Å². The number of nitrogens with one attached hydrogen (secondary N) is 1. The van der Waals surface area contributed by atoms with E-state index in [-0.39, 0.29) is 18.0 Å². The van der Waals surface area contributed by atoms with Gasteiger partial charge in [0.05, 0.1) is 6.54 Å². The van der Waals surface area contributed by atoms with E-state index in [4.69, 9.17) is 0 Å². The number of hydrogen-bond donors (Lipinski definition) is 1. The Labute approximate surface area is 91.5 Å². The van der Waals surface area contributed by atoms with Gasteiger partial charge in [0.1, 0.15) is 0 Å². The zero-order chi connectivity index (χ0) is 11.5. The summed E-state index contributed by atoms with van der Waals surface area (Å²) in [5.74, 6) is -0.107. The van der Waals surface area contributed by atoms with Crippen molar-refractivity contribution in [2.24, 2.45) is 0 Å². The Morgan fingerprint density at radius 2 is 2.31 bits per heavy atom. The summed E-state index contributed by atoms with van der Waals surface area (Å²) in [7, 11) is 1.56. The van der Waals surface area contributed by atoms with Crippen LogP contribution in [0.25, 0.3) is 5.65 Å². The molecule has 2 heterocycles. The minimum absolute atomic E-state index is 0.107. The molecular weight excluding hydrogens is 208 g/mol. The smallest absolute Gasteiger partial charge is 0.350 e. The maximum atomic E-state index is 11.8. The third kappa shape index (κ3) is 1.81. The van der Waals surface area contributed by atoms with Crippen LogP contribution in [0.3, 0.4) is 0 Å². The monoisotopic (exact) mass is 220 g/mol. The van der Waals surface area contributed by atoms with Crippen LogP contribution >= 0.6 is 0 Å². The van der Waals surface area contributed by atoms with Crippen molar-refractivity contribution >= 4 is 11.6 Å². The molecule has 0 aromatic carbocycles. The number of pyridine rings is 1. The zero-order valence-electron chi connectivity index (χ0n) is 8.88. The molecule has 0 aliphatic heterocycles. The van der Waals surface area contributed by atoms with Gasteiger partial charge in [0.25, 0.3) is 0 Å². The van der Waals surface area contributed by atoms with E-state index >= 15 is 0 Å². The van der Waals surface area contributed by atoms with Crippen molar-refractivity contribution in [3.05, 3.63) is 34.9 Å². The molecule has 1 N–H and O–H groups in total. The molecule has 2 aromatic rings. The van der Waals surface area contributed by atoms with Crippen LogP contribution < -0.4 is 11.0 Å². The number of carbonyl (C=O) groups is 1. The minimum atomic E-state index is -0.223. The topological polar surface area (TPSA) is 68.4 Å². The quantitative estimate of drug-likeness (QED) is 0.767. The molecule has 0 bridgehead atoms. The van der Waals surface area contributed by atoms with E-state index in [2.05, 4.69) is 10.4 Å². The first-order valence-electron chi connectivity index (χ1n) is 4.97. The summed E-state index contributed by atoms with van der Waals surface area (Å²) < 4.78 is 2.74. The van der Waals surface area contributed by atoms with Crippen molar-refractivity contribution in [1.29, 1.82) is 0 Å². The predicted molar refractivity (Wildman–Crippen MR) is 58.1 cm³/mol. The van der Waals surface area contributed by atoms with Gasteiger partial charge in [0.2, 0.25) is 5.91 Å². The van der Waals surface area contributed by atoms with Gasteiger partial charge in [0.15, 0.2) is 5.65 Å². The Balaban J connectivity index is 2.28. The molecule has 0 spiro atoms. The lowest BCUT2D eigenvalue weighted by Crippen LogP contribution is -2.25. The van der Waals surface area contributed by atoms with Crippen molar-refractivity contribution in [3.63, 3.8) is 0 Å². The van der Waals surface area contributed by atoms with Crippen molar-refractivity contribution < 1.29 is 4.79 Å². The van der Waals surface area contributed by atoms with Crippen LogP contribution in [0.1, 0.15) is 6.42 Å². The molecule has 0 fully saturated rings. The lowest BCUT2D eigenvalue weighted by molar-refractivity contribution is -0.120. The van der Waals surface area contributed by atoms with Gasteiger partial charge >= 0.3 is 5.69 Å². The first kappa shape index (κ1) is 10.4. The third-order valence-corrected chi connectivity index (χ3v) is 2.32. The SMILES string of the molecule is CNC(=O)CCn1nc2ccccn2c1=O. The predicted octanol–water partition coefficient (Wildman–Crippen LogP) is -0.368. The summed E-state index contributed by atoms with van der Waals surface area (Å²) in [6.45, 7) is 0.292. The van der Waals surface area contributed by atoms with Crippen LogP contribution in [0.4, 0.5) is 0 Å². The van der Waals surface area contributed by atoms with Gasteiger partial charge in [-0.2, -0.15) is 0 Å². The van der Waals surface area contributed by atoms with E-state index in [0.29, 0.717) is 12.2 Å². The fourth-order valence-corrected chi connectivity index (χ4v) is 1.45. The summed E-state index contributed by atoms with van der Waals surface area (Å²) >= 11 is 0. The van der Waals surface area contributed by atoms with Gasteiger partial charge in [-0.3, -0.25) is 9.20 Å². The lowest BCUT2D eigenvalue weighted by atomic mass is 10.4. The molecule has 0 atom stereocenters. The summed E-state index contributed by atoms with van der Waals surface area (Å²) in [5.41, 5.74) is 0.365. The molecule has 0 saturated heterocycles. The van der Waals surface area contributed by atoms with E-state index in [0.717, 1.165) is 0 Å². The number of carbonyl (C=O) groups excluding carboxylic acids is 1. The fraction of sp³-hybridized carbons (Fsp3) is 0.300. The molecule has 0 aliphatic rings. The van der Waals surface area contributed by atoms with E-state index < -0.39 is 0 Å². The van der Waals surface area contributed by atoms with Crippen LogP contribution in [0.5, 0.6) is 0 Å². The Morgan fingerprint density at radius 3 is 3.00 bits per heavy atom. The number of amides is 1. The van der Waals surface area contributed by atoms with Crippen molar-refractivity contribution in [2.45, 2.75) is 13.0 Å². The van der Waals surface area contributed by atoms with E-state index in [1.165, 1.54) is 9.08 Å². The number of fused-ring (bicyclic) bond motifs is 1. The highest BCUT2D eigenvalue weighted by Gasteiger charge is 2.06. The molecule has 2 rings (SSSR count). The first-order chi connectivity index (χ1) is 7.72. The number of aryl methyl sites for hydroxylation is 1. The van der Waals surface area contributed by atoms with Crippen molar-refractivity contribution in [1.82, 2.24) is 19.5 Å². The molecule has 0 unspecified atom stereocenters. The Hall–Kier alpha value is -2.11. The fourth-order valence-electron chi connectivity index (χ4n) is 1.45. The average Bonchev–Trinajstić information content (AvgIpc) is 2.64. The molecule has 6 nitrogen and oxygen atoms in total. The van der Waals surface area contributed by atoms with Crippen LogP contribution in [0, 0.1) is 0 Å². The maximum Gasteiger partial charge on any atom is 0.350 e. The number of aromatic nitrogens is 3. The molecule has 2 aromatic heterocycles. The second-order valence-electron chi connectivity index (χ2n) is 3.36. The van der Waals surface area contributed by atoms with Crippen LogP contribution in [-0.2, 0) is 11.3 Å². The molecule has 84 valence electrons. The second-order valence-corrected chi connectivity index (χ2v) is 3.36. The number of hydrogen-bond acceptors (Lipinski definition) is 3.